The number of hydrogen-bond acceptors (Lipinski definition) is 4. The zero-order valence-corrected chi connectivity index (χ0v) is 10.4. The monoisotopic (exact) mass is 249 g/mol. The van der Waals surface area contributed by atoms with Gasteiger partial charge in [0, 0.05) is 31.6 Å². The van der Waals surface area contributed by atoms with Gasteiger partial charge in [0.2, 0.25) is 0 Å². The molecule has 98 valence electrons. The Morgan fingerprint density at radius 2 is 1.94 bits per heavy atom. The van der Waals surface area contributed by atoms with E-state index in [4.69, 9.17) is 14.6 Å². The third-order valence-electron chi connectivity index (χ3n) is 3.76. The van der Waals surface area contributed by atoms with Crippen molar-refractivity contribution in [2.24, 2.45) is 0 Å². The topological polar surface area (TPSA) is 41.9 Å². The van der Waals surface area contributed by atoms with Crippen LogP contribution in [0.2, 0.25) is 0 Å². The maximum absolute atomic E-state index is 9.09. The molecule has 0 bridgehead atoms. The molecule has 2 aliphatic rings. The molecule has 2 saturated heterocycles. The molecule has 1 unspecified atom stereocenters. The smallest absolute Gasteiger partial charge is 0.172 e. The zero-order chi connectivity index (χ0) is 12.4. The van der Waals surface area contributed by atoms with E-state index in [2.05, 4.69) is 29.2 Å². The van der Waals surface area contributed by atoms with Crippen molar-refractivity contribution >= 4 is 5.69 Å². The number of aliphatic hydroxyl groups is 1. The second kappa shape index (κ2) is 4.88. The first-order valence-corrected chi connectivity index (χ1v) is 6.54. The van der Waals surface area contributed by atoms with E-state index < -0.39 is 5.79 Å². The highest BCUT2D eigenvalue weighted by Crippen LogP contribution is 2.35. The van der Waals surface area contributed by atoms with E-state index in [0.29, 0.717) is 6.61 Å². The van der Waals surface area contributed by atoms with E-state index >= 15 is 0 Å². The van der Waals surface area contributed by atoms with Gasteiger partial charge in [-0.25, -0.2) is 0 Å². The maximum Gasteiger partial charge on any atom is 0.172 e. The number of rotatable bonds is 2. The number of hydrogen-bond donors (Lipinski definition) is 1. The highest BCUT2D eigenvalue weighted by atomic mass is 16.7. The van der Waals surface area contributed by atoms with Gasteiger partial charge >= 0.3 is 0 Å². The van der Waals surface area contributed by atoms with Gasteiger partial charge in [-0.15, -0.1) is 0 Å². The van der Waals surface area contributed by atoms with Crippen molar-refractivity contribution in [1.82, 2.24) is 0 Å². The van der Waals surface area contributed by atoms with Gasteiger partial charge < -0.3 is 19.5 Å². The fraction of sp³-hybridized carbons (Fsp3) is 0.571. The molecule has 1 atom stereocenters. The Morgan fingerprint density at radius 3 is 2.56 bits per heavy atom. The van der Waals surface area contributed by atoms with Gasteiger partial charge in [-0.2, -0.15) is 0 Å². The Labute approximate surface area is 107 Å². The lowest BCUT2D eigenvalue weighted by Gasteiger charge is -2.39. The van der Waals surface area contributed by atoms with Crippen LogP contribution in [0.1, 0.15) is 12.8 Å². The van der Waals surface area contributed by atoms with E-state index in [1.54, 1.807) is 0 Å². The summed E-state index contributed by atoms with van der Waals surface area (Å²) >= 11 is 0. The van der Waals surface area contributed by atoms with Crippen molar-refractivity contribution in [2.75, 3.05) is 31.2 Å². The van der Waals surface area contributed by atoms with Crippen molar-refractivity contribution in [2.45, 2.75) is 24.7 Å². The van der Waals surface area contributed by atoms with Gasteiger partial charge in [-0.3, -0.25) is 0 Å². The van der Waals surface area contributed by atoms with Gasteiger partial charge in [-0.1, -0.05) is 18.2 Å². The molecule has 1 spiro atoms. The minimum absolute atomic E-state index is 0.0458. The van der Waals surface area contributed by atoms with Crippen molar-refractivity contribution in [3.05, 3.63) is 30.3 Å². The molecule has 0 aromatic heterocycles. The first-order valence-electron chi connectivity index (χ1n) is 6.54. The number of aliphatic hydroxyl groups excluding tert-OH is 1. The minimum Gasteiger partial charge on any atom is -0.394 e. The normalized spacial score (nSPS) is 26.7. The fourth-order valence-corrected chi connectivity index (χ4v) is 2.71. The molecule has 0 aliphatic carbocycles. The average molecular weight is 249 g/mol. The van der Waals surface area contributed by atoms with Crippen molar-refractivity contribution < 1.29 is 14.6 Å². The Balaban J connectivity index is 1.62. The molecule has 2 fully saturated rings. The zero-order valence-electron chi connectivity index (χ0n) is 10.4. The predicted octanol–water partition coefficient (Wildman–Crippen LogP) is 1.39. The van der Waals surface area contributed by atoms with Crippen LogP contribution in [0, 0.1) is 0 Å². The summed E-state index contributed by atoms with van der Waals surface area (Å²) in [7, 11) is 0. The highest BCUT2D eigenvalue weighted by Gasteiger charge is 2.43. The summed E-state index contributed by atoms with van der Waals surface area (Å²) < 4.78 is 11.6. The van der Waals surface area contributed by atoms with Crippen LogP contribution in [0.15, 0.2) is 30.3 Å². The van der Waals surface area contributed by atoms with E-state index in [1.165, 1.54) is 5.69 Å². The first-order chi connectivity index (χ1) is 8.81. The lowest BCUT2D eigenvalue weighted by molar-refractivity contribution is -0.183. The Morgan fingerprint density at radius 1 is 1.22 bits per heavy atom. The molecule has 2 heterocycles. The van der Waals surface area contributed by atoms with Gasteiger partial charge in [0.15, 0.2) is 5.79 Å². The molecule has 18 heavy (non-hydrogen) atoms. The number of ether oxygens (including phenoxy) is 2. The number of nitrogens with zero attached hydrogens (tertiary/aromatic N) is 1. The second-order valence-electron chi connectivity index (χ2n) is 4.97. The minimum atomic E-state index is -0.446. The van der Waals surface area contributed by atoms with Crippen LogP contribution in [0.5, 0.6) is 0 Å². The van der Waals surface area contributed by atoms with Gasteiger partial charge in [0.05, 0.1) is 13.2 Å². The van der Waals surface area contributed by atoms with Crippen molar-refractivity contribution in [1.29, 1.82) is 0 Å². The second-order valence-corrected chi connectivity index (χ2v) is 4.97. The number of benzene rings is 1. The molecule has 0 radical (unpaired) electrons. The van der Waals surface area contributed by atoms with Gasteiger partial charge in [-0.05, 0) is 12.1 Å². The highest BCUT2D eigenvalue weighted by molar-refractivity contribution is 5.46. The molecule has 4 nitrogen and oxygen atoms in total. The van der Waals surface area contributed by atoms with Crippen molar-refractivity contribution in [3.8, 4) is 0 Å². The van der Waals surface area contributed by atoms with Crippen LogP contribution < -0.4 is 4.90 Å². The maximum atomic E-state index is 9.09. The van der Waals surface area contributed by atoms with E-state index in [0.717, 1.165) is 25.9 Å². The molecule has 1 aromatic carbocycles. The average Bonchev–Trinajstić information content (AvgIpc) is 2.84. The Bertz CT molecular complexity index is 387. The molecular formula is C14H19NO3. The lowest BCUT2D eigenvalue weighted by atomic mass is 10.0. The molecule has 1 aromatic rings. The molecule has 0 saturated carbocycles. The number of piperidine rings is 1. The van der Waals surface area contributed by atoms with E-state index in [9.17, 15) is 0 Å². The van der Waals surface area contributed by atoms with Crippen LogP contribution in [0.25, 0.3) is 0 Å². The third-order valence-corrected chi connectivity index (χ3v) is 3.76. The molecular weight excluding hydrogens is 230 g/mol. The van der Waals surface area contributed by atoms with Crippen molar-refractivity contribution in [3.63, 3.8) is 0 Å². The van der Waals surface area contributed by atoms with E-state index in [-0.39, 0.29) is 12.7 Å². The predicted molar refractivity (Wildman–Crippen MR) is 68.5 cm³/mol. The van der Waals surface area contributed by atoms with E-state index in [1.807, 2.05) is 6.07 Å². The molecule has 2 aliphatic heterocycles. The summed E-state index contributed by atoms with van der Waals surface area (Å²) in [6, 6.07) is 10.4. The summed E-state index contributed by atoms with van der Waals surface area (Å²) in [4.78, 5) is 2.35. The summed E-state index contributed by atoms with van der Waals surface area (Å²) in [6.07, 6.45) is 1.57. The number of para-hydroxylation sites is 1. The summed E-state index contributed by atoms with van der Waals surface area (Å²) in [5, 5.41) is 9.09. The molecule has 4 heteroatoms. The number of anilines is 1. The first kappa shape index (κ1) is 12.0. The van der Waals surface area contributed by atoms with Crippen LogP contribution in [-0.2, 0) is 9.47 Å². The molecule has 0 amide bonds. The lowest BCUT2D eigenvalue weighted by Crippen LogP contribution is -2.45. The summed E-state index contributed by atoms with van der Waals surface area (Å²) in [5.74, 6) is -0.446. The Kier molecular flexibility index (Phi) is 3.24. The third kappa shape index (κ3) is 2.23. The standard InChI is InChI=1S/C14H19NO3/c16-10-13-11-17-14(18-13)6-8-15(9-7-14)12-4-2-1-3-5-12/h1-5,13,16H,6-11H2. The fourth-order valence-electron chi connectivity index (χ4n) is 2.71. The van der Waals surface area contributed by atoms with Crippen LogP contribution in [0.4, 0.5) is 5.69 Å². The largest absolute Gasteiger partial charge is 0.394 e. The quantitative estimate of drug-likeness (QED) is 0.860. The van der Waals surface area contributed by atoms with Crippen LogP contribution in [0.3, 0.4) is 0 Å². The van der Waals surface area contributed by atoms with Gasteiger partial charge in [0.1, 0.15) is 6.10 Å². The summed E-state index contributed by atoms with van der Waals surface area (Å²) in [6.45, 7) is 2.43. The molecule has 3 rings (SSSR count). The Hall–Kier alpha value is -1.10. The summed E-state index contributed by atoms with van der Waals surface area (Å²) in [5.41, 5.74) is 1.25. The SMILES string of the molecule is OCC1COC2(CCN(c3ccccc3)CC2)O1. The molecule has 1 N–H and O–H groups in total. The van der Waals surface area contributed by atoms with Gasteiger partial charge in [0.25, 0.3) is 0 Å². The van der Waals surface area contributed by atoms with Crippen LogP contribution in [-0.4, -0.2) is 43.3 Å². The van der Waals surface area contributed by atoms with Crippen LogP contribution >= 0.6 is 0 Å².